The molecule has 2 N–H and O–H groups in total. The number of ether oxygens (including phenoxy) is 3. The van der Waals surface area contributed by atoms with Crippen LogP contribution in [0.15, 0.2) is 84.9 Å². The summed E-state index contributed by atoms with van der Waals surface area (Å²) in [5.74, 6) is 0.0945. The lowest BCUT2D eigenvalue weighted by molar-refractivity contribution is -0.139. The highest BCUT2D eigenvalue weighted by molar-refractivity contribution is 6.04. The second kappa shape index (κ2) is 9.77. The molecule has 0 aliphatic carbocycles. The highest BCUT2D eigenvalue weighted by Crippen LogP contribution is 2.34. The summed E-state index contributed by atoms with van der Waals surface area (Å²) in [6.07, 6.45) is 0.170. The molecule has 0 radical (unpaired) electrons. The molecule has 7 nitrogen and oxygen atoms in total. The summed E-state index contributed by atoms with van der Waals surface area (Å²) in [6.45, 7) is 0.373. The van der Waals surface area contributed by atoms with Crippen LogP contribution in [0, 0.1) is 0 Å². The summed E-state index contributed by atoms with van der Waals surface area (Å²) in [4.78, 5) is 25.2. The van der Waals surface area contributed by atoms with Gasteiger partial charge in [-0.3, -0.25) is 4.79 Å². The van der Waals surface area contributed by atoms with Crippen molar-refractivity contribution in [2.24, 2.45) is 0 Å². The first kappa shape index (κ1) is 22.3. The standard InChI is InChI=1S/C28H23NO6/c30-27(29-23(28(31)32)14-18-6-2-1-3-7-18)22-12-11-20-8-4-5-9-21(20)26(22)33-16-19-10-13-24-25(15-19)35-17-34-24/h1-13,15,23H,14,16-17H2,(H,29,30)(H,31,32)/t23-/m0/s1. The van der Waals surface area contributed by atoms with Crippen molar-refractivity contribution in [1.29, 1.82) is 0 Å². The molecule has 5 rings (SSSR count). The first-order valence-corrected chi connectivity index (χ1v) is 11.2. The van der Waals surface area contributed by atoms with E-state index in [0.29, 0.717) is 17.2 Å². The minimum absolute atomic E-state index is 0.170. The molecule has 0 saturated carbocycles. The lowest BCUT2D eigenvalue weighted by Crippen LogP contribution is -2.42. The highest BCUT2D eigenvalue weighted by Gasteiger charge is 2.24. The Bertz CT molecular complexity index is 1390. The van der Waals surface area contributed by atoms with Gasteiger partial charge in [-0.1, -0.05) is 66.7 Å². The van der Waals surface area contributed by atoms with Crippen molar-refractivity contribution in [2.45, 2.75) is 19.1 Å². The van der Waals surface area contributed by atoms with Crippen LogP contribution in [0.25, 0.3) is 10.8 Å². The molecular weight excluding hydrogens is 446 g/mol. The molecule has 1 heterocycles. The topological polar surface area (TPSA) is 94.1 Å². The summed E-state index contributed by atoms with van der Waals surface area (Å²) >= 11 is 0. The van der Waals surface area contributed by atoms with Crippen molar-refractivity contribution >= 4 is 22.6 Å². The Morgan fingerprint density at radius 3 is 2.49 bits per heavy atom. The van der Waals surface area contributed by atoms with E-state index in [9.17, 15) is 14.7 Å². The van der Waals surface area contributed by atoms with Crippen molar-refractivity contribution in [2.75, 3.05) is 6.79 Å². The first-order chi connectivity index (χ1) is 17.1. The van der Waals surface area contributed by atoms with Crippen LogP contribution < -0.4 is 19.5 Å². The Hall–Kier alpha value is -4.52. The Morgan fingerprint density at radius 1 is 0.886 bits per heavy atom. The number of amides is 1. The van der Waals surface area contributed by atoms with Gasteiger partial charge in [-0.05, 0) is 34.7 Å². The van der Waals surface area contributed by atoms with E-state index in [1.165, 1.54) is 0 Å². The van der Waals surface area contributed by atoms with Gasteiger partial charge in [-0.25, -0.2) is 4.79 Å². The fourth-order valence-corrected chi connectivity index (χ4v) is 4.05. The SMILES string of the molecule is O=C(N[C@@H](Cc1ccccc1)C(=O)O)c1ccc2ccccc2c1OCc1ccc2c(c1)OCO2. The molecule has 1 aliphatic rings. The third kappa shape index (κ3) is 4.89. The summed E-state index contributed by atoms with van der Waals surface area (Å²) in [7, 11) is 0. The van der Waals surface area contributed by atoms with Gasteiger partial charge in [0.25, 0.3) is 5.91 Å². The van der Waals surface area contributed by atoms with E-state index in [4.69, 9.17) is 14.2 Å². The van der Waals surface area contributed by atoms with Gasteiger partial charge in [-0.2, -0.15) is 0 Å². The van der Waals surface area contributed by atoms with Crippen LogP contribution in [0.3, 0.4) is 0 Å². The fourth-order valence-electron chi connectivity index (χ4n) is 4.05. The number of fused-ring (bicyclic) bond motifs is 2. The summed E-state index contributed by atoms with van der Waals surface area (Å²) in [5, 5.41) is 14.1. The van der Waals surface area contributed by atoms with Gasteiger partial charge < -0.3 is 24.6 Å². The number of hydrogen-bond acceptors (Lipinski definition) is 5. The third-order valence-electron chi connectivity index (χ3n) is 5.83. The molecule has 35 heavy (non-hydrogen) atoms. The second-order valence-electron chi connectivity index (χ2n) is 8.19. The number of hydrogen-bond donors (Lipinski definition) is 2. The molecule has 1 aliphatic heterocycles. The highest BCUT2D eigenvalue weighted by atomic mass is 16.7. The predicted molar refractivity (Wildman–Crippen MR) is 130 cm³/mol. The fraction of sp³-hybridized carbons (Fsp3) is 0.143. The van der Waals surface area contributed by atoms with Crippen molar-refractivity contribution < 1.29 is 28.9 Å². The summed E-state index contributed by atoms with van der Waals surface area (Å²) < 4.78 is 17.0. The Kier molecular flexibility index (Phi) is 6.22. The molecule has 0 spiro atoms. The van der Waals surface area contributed by atoms with E-state index >= 15 is 0 Å². The van der Waals surface area contributed by atoms with Crippen LogP contribution in [-0.4, -0.2) is 29.8 Å². The van der Waals surface area contributed by atoms with Gasteiger partial charge >= 0.3 is 5.97 Å². The quantitative estimate of drug-likeness (QED) is 0.393. The zero-order valence-electron chi connectivity index (χ0n) is 18.8. The second-order valence-corrected chi connectivity index (χ2v) is 8.19. The molecule has 0 unspecified atom stereocenters. The number of carbonyl (C=O) groups excluding carboxylic acids is 1. The molecule has 0 saturated heterocycles. The van der Waals surface area contributed by atoms with Crippen LogP contribution in [0.5, 0.6) is 17.2 Å². The Morgan fingerprint density at radius 2 is 1.66 bits per heavy atom. The van der Waals surface area contributed by atoms with Crippen LogP contribution in [0.2, 0.25) is 0 Å². The maximum absolute atomic E-state index is 13.3. The molecule has 176 valence electrons. The molecular formula is C28H23NO6. The van der Waals surface area contributed by atoms with Crippen molar-refractivity contribution in [3.63, 3.8) is 0 Å². The van der Waals surface area contributed by atoms with E-state index in [2.05, 4.69) is 5.32 Å². The Labute approximate surface area is 201 Å². The maximum atomic E-state index is 13.3. The van der Waals surface area contributed by atoms with Crippen LogP contribution in [-0.2, 0) is 17.8 Å². The number of benzene rings is 4. The molecule has 4 aromatic rings. The van der Waals surface area contributed by atoms with E-state index in [0.717, 1.165) is 21.9 Å². The lowest BCUT2D eigenvalue weighted by Gasteiger charge is -2.18. The molecule has 0 fully saturated rings. The normalized spacial score (nSPS) is 12.8. The molecule has 1 amide bonds. The number of nitrogens with one attached hydrogen (secondary N) is 1. The van der Waals surface area contributed by atoms with Crippen molar-refractivity contribution in [3.05, 3.63) is 102 Å². The summed E-state index contributed by atoms with van der Waals surface area (Å²) in [6, 6.07) is 24.7. The number of carbonyl (C=O) groups is 2. The Balaban J connectivity index is 1.42. The zero-order valence-corrected chi connectivity index (χ0v) is 18.8. The van der Waals surface area contributed by atoms with Crippen molar-refractivity contribution in [1.82, 2.24) is 5.32 Å². The van der Waals surface area contributed by atoms with E-state index in [1.807, 2.05) is 78.9 Å². The zero-order chi connectivity index (χ0) is 24.2. The van der Waals surface area contributed by atoms with Crippen LogP contribution >= 0.6 is 0 Å². The van der Waals surface area contributed by atoms with Gasteiger partial charge in [0.15, 0.2) is 11.5 Å². The van der Waals surface area contributed by atoms with Gasteiger partial charge in [0.1, 0.15) is 18.4 Å². The lowest BCUT2D eigenvalue weighted by atomic mass is 10.0. The summed E-state index contributed by atoms with van der Waals surface area (Å²) in [5.41, 5.74) is 1.93. The predicted octanol–water partition coefficient (Wildman–Crippen LogP) is 4.57. The minimum Gasteiger partial charge on any atom is -0.487 e. The van der Waals surface area contributed by atoms with E-state index < -0.39 is 17.9 Å². The maximum Gasteiger partial charge on any atom is 0.326 e. The average Bonchev–Trinajstić information content (AvgIpc) is 3.35. The van der Waals surface area contributed by atoms with Gasteiger partial charge in [0.05, 0.1) is 5.56 Å². The van der Waals surface area contributed by atoms with E-state index in [-0.39, 0.29) is 25.4 Å². The molecule has 7 heteroatoms. The molecule has 0 aromatic heterocycles. The third-order valence-corrected chi connectivity index (χ3v) is 5.83. The molecule has 1 atom stereocenters. The minimum atomic E-state index is -1.11. The number of carboxylic acids is 1. The van der Waals surface area contributed by atoms with Crippen molar-refractivity contribution in [3.8, 4) is 17.2 Å². The first-order valence-electron chi connectivity index (χ1n) is 11.2. The average molecular weight is 469 g/mol. The molecule has 4 aromatic carbocycles. The van der Waals surface area contributed by atoms with Gasteiger partial charge in [0.2, 0.25) is 6.79 Å². The number of carboxylic acid groups (broad SMARTS) is 1. The monoisotopic (exact) mass is 469 g/mol. The van der Waals surface area contributed by atoms with Gasteiger partial charge in [-0.15, -0.1) is 0 Å². The van der Waals surface area contributed by atoms with E-state index in [1.54, 1.807) is 6.07 Å². The number of aliphatic carboxylic acids is 1. The van der Waals surface area contributed by atoms with Gasteiger partial charge in [0, 0.05) is 11.8 Å². The van der Waals surface area contributed by atoms with Crippen LogP contribution in [0.4, 0.5) is 0 Å². The van der Waals surface area contributed by atoms with Crippen LogP contribution in [0.1, 0.15) is 21.5 Å². The smallest absolute Gasteiger partial charge is 0.326 e. The molecule has 0 bridgehead atoms. The number of rotatable bonds is 8. The largest absolute Gasteiger partial charge is 0.487 e.